The number of nitrogens with one attached hydrogen (secondary N) is 2. The molecule has 0 radical (unpaired) electrons. The van der Waals surface area contributed by atoms with E-state index in [0.717, 1.165) is 19.5 Å². The Labute approximate surface area is 69.4 Å². The van der Waals surface area contributed by atoms with Crippen LogP contribution >= 0.6 is 0 Å². The third kappa shape index (κ3) is 5.83. The van der Waals surface area contributed by atoms with E-state index >= 15 is 0 Å². The van der Waals surface area contributed by atoms with Gasteiger partial charge in [-0.05, 0) is 6.42 Å². The van der Waals surface area contributed by atoms with Gasteiger partial charge in [0.15, 0.2) is 0 Å². The smallest absolute Gasteiger partial charge is 0.0573 e. The summed E-state index contributed by atoms with van der Waals surface area (Å²) in [5, 5.41) is 6.55. The second-order valence-corrected chi connectivity index (χ2v) is 2.35. The summed E-state index contributed by atoms with van der Waals surface area (Å²) in [4.78, 5) is 0. The van der Waals surface area contributed by atoms with E-state index in [1.165, 1.54) is 0 Å². The Hall–Kier alpha value is -0.600. The van der Waals surface area contributed by atoms with Crippen LogP contribution in [0.25, 0.3) is 0 Å². The van der Waals surface area contributed by atoms with Crippen molar-refractivity contribution < 1.29 is 0 Å². The van der Waals surface area contributed by atoms with Crippen molar-refractivity contribution in [1.82, 2.24) is 10.6 Å². The summed E-state index contributed by atoms with van der Waals surface area (Å²) < 4.78 is 0. The van der Waals surface area contributed by atoms with Crippen LogP contribution in [-0.2, 0) is 0 Å². The van der Waals surface area contributed by atoms with Crippen LogP contribution in [0, 0.1) is 0 Å². The van der Waals surface area contributed by atoms with Gasteiger partial charge in [-0.1, -0.05) is 19.1 Å². The normalized spacial score (nSPS) is 10.0. The molecule has 2 N–H and O–H groups in total. The first-order valence-corrected chi connectivity index (χ1v) is 4.03. The summed E-state index contributed by atoms with van der Waals surface area (Å²) >= 11 is 0. The average molecular weight is 154 g/mol. The quantitative estimate of drug-likeness (QED) is 0.426. The van der Waals surface area contributed by atoms with Crippen molar-refractivity contribution in [2.75, 3.05) is 13.1 Å². The summed E-state index contributed by atoms with van der Waals surface area (Å²) in [5.74, 6) is 0. The molecule has 0 amide bonds. The van der Waals surface area contributed by atoms with Crippen molar-refractivity contribution in [3.63, 3.8) is 0 Å². The van der Waals surface area contributed by atoms with Gasteiger partial charge in [-0.25, -0.2) is 0 Å². The molecule has 0 aliphatic rings. The highest BCUT2D eigenvalue weighted by atomic mass is 15.1. The molecule has 0 heterocycles. The van der Waals surface area contributed by atoms with E-state index in [4.69, 9.17) is 0 Å². The Morgan fingerprint density at radius 3 is 1.91 bits per heavy atom. The van der Waals surface area contributed by atoms with Crippen molar-refractivity contribution in [1.29, 1.82) is 0 Å². The van der Waals surface area contributed by atoms with Gasteiger partial charge in [0.2, 0.25) is 0 Å². The molecule has 11 heavy (non-hydrogen) atoms. The van der Waals surface area contributed by atoms with E-state index in [1.807, 2.05) is 12.2 Å². The second-order valence-electron chi connectivity index (χ2n) is 2.35. The maximum absolute atomic E-state index is 3.64. The van der Waals surface area contributed by atoms with Crippen molar-refractivity contribution in [2.24, 2.45) is 0 Å². The minimum Gasteiger partial charge on any atom is -0.298 e. The molecule has 0 saturated heterocycles. The minimum atomic E-state index is 0.381. The number of rotatable bonds is 7. The molecular weight excluding hydrogens is 136 g/mol. The van der Waals surface area contributed by atoms with Crippen LogP contribution in [0.2, 0.25) is 0 Å². The van der Waals surface area contributed by atoms with E-state index in [-0.39, 0.29) is 0 Å². The summed E-state index contributed by atoms with van der Waals surface area (Å²) in [6.07, 6.45) is 5.17. The van der Waals surface area contributed by atoms with Gasteiger partial charge < -0.3 is 0 Å². The lowest BCUT2D eigenvalue weighted by Crippen LogP contribution is -2.41. The first-order valence-electron chi connectivity index (χ1n) is 4.03. The Bertz CT molecular complexity index is 98.1. The first kappa shape index (κ1) is 10.4. The average Bonchev–Trinajstić information content (AvgIpc) is 2.05. The molecule has 0 aromatic heterocycles. The lowest BCUT2D eigenvalue weighted by molar-refractivity contribution is 0.449. The molecule has 0 aromatic rings. The van der Waals surface area contributed by atoms with E-state index in [1.54, 1.807) is 0 Å². The Balaban J connectivity index is 3.39. The zero-order valence-electron chi connectivity index (χ0n) is 7.27. The summed E-state index contributed by atoms with van der Waals surface area (Å²) in [6.45, 7) is 11.1. The molecule has 0 unspecified atom stereocenters. The molecule has 0 bridgehead atoms. The molecule has 0 aromatic carbocycles. The molecule has 2 heteroatoms. The molecular formula is C9H18N2. The van der Waals surface area contributed by atoms with Crippen LogP contribution in [0.1, 0.15) is 13.3 Å². The fourth-order valence-electron chi connectivity index (χ4n) is 0.812. The molecule has 0 saturated carbocycles. The molecule has 0 aliphatic heterocycles. The lowest BCUT2D eigenvalue weighted by Gasteiger charge is -2.16. The maximum Gasteiger partial charge on any atom is 0.0573 e. The molecule has 0 fully saturated rings. The largest absolute Gasteiger partial charge is 0.298 e. The van der Waals surface area contributed by atoms with E-state index in [9.17, 15) is 0 Å². The van der Waals surface area contributed by atoms with Gasteiger partial charge in [-0.3, -0.25) is 10.6 Å². The van der Waals surface area contributed by atoms with Gasteiger partial charge in [0.1, 0.15) is 0 Å². The predicted molar refractivity (Wildman–Crippen MR) is 50.5 cm³/mol. The second kappa shape index (κ2) is 7.51. The van der Waals surface area contributed by atoms with Crippen molar-refractivity contribution in [3.05, 3.63) is 25.3 Å². The molecule has 64 valence electrons. The van der Waals surface area contributed by atoms with Crippen molar-refractivity contribution in [3.8, 4) is 0 Å². The predicted octanol–water partition coefficient (Wildman–Crippen LogP) is 1.27. The van der Waals surface area contributed by atoms with Gasteiger partial charge >= 0.3 is 0 Å². The van der Waals surface area contributed by atoms with Crippen molar-refractivity contribution >= 4 is 0 Å². The zero-order chi connectivity index (χ0) is 8.53. The first-order chi connectivity index (χ1) is 5.35. The highest BCUT2D eigenvalue weighted by Gasteiger charge is 1.99. The van der Waals surface area contributed by atoms with Crippen LogP contribution in [0.5, 0.6) is 0 Å². The Morgan fingerprint density at radius 2 is 1.64 bits per heavy atom. The third-order valence-electron chi connectivity index (χ3n) is 1.43. The summed E-state index contributed by atoms with van der Waals surface area (Å²) in [5.41, 5.74) is 0. The Kier molecular flexibility index (Phi) is 7.10. The molecule has 0 aliphatic carbocycles. The van der Waals surface area contributed by atoms with Crippen LogP contribution in [0.15, 0.2) is 25.3 Å². The number of hydrogen-bond acceptors (Lipinski definition) is 2. The topological polar surface area (TPSA) is 24.1 Å². The van der Waals surface area contributed by atoms with Crippen molar-refractivity contribution in [2.45, 2.75) is 19.5 Å². The monoisotopic (exact) mass is 154 g/mol. The SMILES string of the molecule is C=CCNC(CC)NCC=C. The van der Waals surface area contributed by atoms with Gasteiger partial charge in [-0.15, -0.1) is 13.2 Å². The van der Waals surface area contributed by atoms with Crippen LogP contribution in [-0.4, -0.2) is 19.3 Å². The van der Waals surface area contributed by atoms with Crippen LogP contribution in [0.3, 0.4) is 0 Å². The minimum absolute atomic E-state index is 0.381. The molecule has 0 rings (SSSR count). The van der Waals surface area contributed by atoms with E-state index in [0.29, 0.717) is 6.17 Å². The third-order valence-corrected chi connectivity index (χ3v) is 1.43. The van der Waals surface area contributed by atoms with Gasteiger partial charge in [0, 0.05) is 13.1 Å². The van der Waals surface area contributed by atoms with E-state index < -0.39 is 0 Å². The highest BCUT2D eigenvalue weighted by molar-refractivity contribution is 4.76. The summed E-state index contributed by atoms with van der Waals surface area (Å²) in [7, 11) is 0. The van der Waals surface area contributed by atoms with E-state index in [2.05, 4.69) is 30.7 Å². The van der Waals surface area contributed by atoms with Crippen LogP contribution < -0.4 is 10.6 Å². The van der Waals surface area contributed by atoms with Crippen LogP contribution in [0.4, 0.5) is 0 Å². The number of hydrogen-bond donors (Lipinski definition) is 2. The Morgan fingerprint density at radius 1 is 1.18 bits per heavy atom. The molecule has 0 spiro atoms. The molecule has 0 atom stereocenters. The highest BCUT2D eigenvalue weighted by Crippen LogP contribution is 1.84. The molecule has 2 nitrogen and oxygen atoms in total. The van der Waals surface area contributed by atoms with Gasteiger partial charge in [0.05, 0.1) is 6.17 Å². The standard InChI is InChI=1S/C9H18N2/c1-4-7-10-9(6-3)11-8-5-2/h4-5,9-11H,1-2,6-8H2,3H3. The fraction of sp³-hybridized carbons (Fsp3) is 0.556. The van der Waals surface area contributed by atoms with Gasteiger partial charge in [-0.2, -0.15) is 0 Å². The fourth-order valence-corrected chi connectivity index (χ4v) is 0.812. The van der Waals surface area contributed by atoms with Gasteiger partial charge in [0.25, 0.3) is 0 Å². The summed E-state index contributed by atoms with van der Waals surface area (Å²) in [6, 6.07) is 0. The maximum atomic E-state index is 3.64. The lowest BCUT2D eigenvalue weighted by atomic mass is 10.3. The zero-order valence-corrected chi connectivity index (χ0v) is 7.27.